The van der Waals surface area contributed by atoms with Gasteiger partial charge in [-0.3, -0.25) is 0 Å². The minimum atomic E-state index is -0.554. The van der Waals surface area contributed by atoms with Crippen LogP contribution in [0.2, 0.25) is 0 Å². The summed E-state index contributed by atoms with van der Waals surface area (Å²) in [4.78, 5) is 0. The van der Waals surface area contributed by atoms with E-state index in [1.165, 1.54) is 17.5 Å². The van der Waals surface area contributed by atoms with E-state index in [1.54, 1.807) is 0 Å². The SMILES string of the molecule is Cc1coc2c1CC1(C)C(C)CCCC1(O)C2. The van der Waals surface area contributed by atoms with E-state index >= 15 is 0 Å². The smallest absolute Gasteiger partial charge is 0.110 e. The van der Waals surface area contributed by atoms with Crippen molar-refractivity contribution in [1.29, 1.82) is 0 Å². The number of furan rings is 1. The molecule has 1 N–H and O–H groups in total. The van der Waals surface area contributed by atoms with Gasteiger partial charge in [-0.25, -0.2) is 0 Å². The minimum absolute atomic E-state index is 0.0207. The molecule has 17 heavy (non-hydrogen) atoms. The first-order valence-electron chi connectivity index (χ1n) is 6.74. The lowest BCUT2D eigenvalue weighted by atomic mass is 9.53. The van der Waals surface area contributed by atoms with E-state index in [0.29, 0.717) is 12.3 Å². The van der Waals surface area contributed by atoms with Gasteiger partial charge < -0.3 is 9.52 Å². The van der Waals surface area contributed by atoms with Gasteiger partial charge >= 0.3 is 0 Å². The Morgan fingerprint density at radius 1 is 1.41 bits per heavy atom. The summed E-state index contributed by atoms with van der Waals surface area (Å²) in [6.45, 7) is 6.68. The van der Waals surface area contributed by atoms with Crippen LogP contribution in [0.3, 0.4) is 0 Å². The van der Waals surface area contributed by atoms with Crippen molar-refractivity contribution in [3.63, 3.8) is 0 Å². The monoisotopic (exact) mass is 234 g/mol. The Morgan fingerprint density at radius 3 is 2.94 bits per heavy atom. The van der Waals surface area contributed by atoms with Gasteiger partial charge in [-0.05, 0) is 43.2 Å². The molecule has 0 aromatic carbocycles. The molecule has 1 fully saturated rings. The van der Waals surface area contributed by atoms with Crippen molar-refractivity contribution in [3.05, 3.63) is 23.2 Å². The molecule has 3 rings (SSSR count). The summed E-state index contributed by atoms with van der Waals surface area (Å²) in [5.74, 6) is 1.61. The Balaban J connectivity index is 2.09. The summed E-state index contributed by atoms with van der Waals surface area (Å²) in [5, 5.41) is 11.0. The maximum absolute atomic E-state index is 11.0. The second kappa shape index (κ2) is 3.38. The summed E-state index contributed by atoms with van der Waals surface area (Å²) in [6, 6.07) is 0. The molecule has 1 aromatic rings. The molecular weight excluding hydrogens is 212 g/mol. The molecule has 2 aliphatic carbocycles. The highest BCUT2D eigenvalue weighted by Crippen LogP contribution is 2.54. The number of hydrogen-bond acceptors (Lipinski definition) is 2. The molecule has 0 radical (unpaired) electrons. The summed E-state index contributed by atoms with van der Waals surface area (Å²) >= 11 is 0. The third-order valence-electron chi connectivity index (χ3n) is 5.57. The van der Waals surface area contributed by atoms with E-state index < -0.39 is 5.60 Å². The molecule has 0 spiro atoms. The first-order chi connectivity index (χ1) is 7.96. The Kier molecular flexibility index (Phi) is 2.25. The largest absolute Gasteiger partial charge is 0.469 e. The number of aryl methyl sites for hydroxylation is 1. The van der Waals surface area contributed by atoms with Gasteiger partial charge in [0.05, 0.1) is 11.9 Å². The zero-order valence-electron chi connectivity index (χ0n) is 11.0. The van der Waals surface area contributed by atoms with E-state index in [4.69, 9.17) is 4.42 Å². The molecule has 94 valence electrons. The summed E-state index contributed by atoms with van der Waals surface area (Å²) in [5.41, 5.74) is 2.07. The molecule has 1 heterocycles. The highest BCUT2D eigenvalue weighted by atomic mass is 16.3. The fraction of sp³-hybridized carbons (Fsp3) is 0.733. The maximum atomic E-state index is 11.0. The first kappa shape index (κ1) is 11.3. The average Bonchev–Trinajstić information content (AvgIpc) is 2.59. The standard InChI is InChI=1S/C15H22O2/c1-10-9-17-13-8-15(16)6-4-5-11(2)14(15,3)7-12(10)13/h9,11,16H,4-8H2,1-3H3. The second-order valence-corrected chi connectivity index (χ2v) is 6.42. The Hall–Kier alpha value is -0.760. The van der Waals surface area contributed by atoms with Gasteiger partial charge in [0.2, 0.25) is 0 Å². The Labute approximate surface area is 103 Å². The molecule has 0 aliphatic heterocycles. The molecule has 1 saturated carbocycles. The lowest BCUT2D eigenvalue weighted by molar-refractivity contribution is -0.140. The molecule has 3 unspecified atom stereocenters. The van der Waals surface area contributed by atoms with Crippen molar-refractivity contribution in [2.75, 3.05) is 0 Å². The third-order valence-corrected chi connectivity index (χ3v) is 5.57. The van der Waals surface area contributed by atoms with Gasteiger partial charge in [0.25, 0.3) is 0 Å². The summed E-state index contributed by atoms with van der Waals surface area (Å²) in [7, 11) is 0. The van der Waals surface area contributed by atoms with Crippen LogP contribution in [0, 0.1) is 18.3 Å². The van der Waals surface area contributed by atoms with Crippen LogP contribution in [0.5, 0.6) is 0 Å². The Morgan fingerprint density at radius 2 is 2.18 bits per heavy atom. The third kappa shape index (κ3) is 1.36. The second-order valence-electron chi connectivity index (χ2n) is 6.42. The highest BCUT2D eigenvalue weighted by Gasteiger charge is 2.55. The van der Waals surface area contributed by atoms with Crippen molar-refractivity contribution < 1.29 is 9.52 Å². The molecule has 2 heteroatoms. The van der Waals surface area contributed by atoms with Crippen LogP contribution in [0.15, 0.2) is 10.7 Å². The van der Waals surface area contributed by atoms with Crippen LogP contribution < -0.4 is 0 Å². The van der Waals surface area contributed by atoms with Crippen LogP contribution in [0.1, 0.15) is 50.0 Å². The van der Waals surface area contributed by atoms with Gasteiger partial charge in [-0.2, -0.15) is 0 Å². The van der Waals surface area contributed by atoms with Gasteiger partial charge in [-0.1, -0.05) is 20.3 Å². The molecule has 0 saturated heterocycles. The van der Waals surface area contributed by atoms with E-state index in [0.717, 1.165) is 25.0 Å². The van der Waals surface area contributed by atoms with Gasteiger partial charge in [-0.15, -0.1) is 0 Å². The van der Waals surface area contributed by atoms with Crippen molar-refractivity contribution in [2.45, 2.75) is 58.5 Å². The zero-order valence-corrected chi connectivity index (χ0v) is 11.0. The summed E-state index contributed by atoms with van der Waals surface area (Å²) < 4.78 is 5.62. The van der Waals surface area contributed by atoms with Gasteiger partial charge in [0, 0.05) is 11.8 Å². The highest BCUT2D eigenvalue weighted by molar-refractivity contribution is 5.34. The predicted octanol–water partition coefficient (Wildman–Crippen LogP) is 3.24. The van der Waals surface area contributed by atoms with Crippen LogP contribution in [-0.4, -0.2) is 10.7 Å². The van der Waals surface area contributed by atoms with E-state index in [9.17, 15) is 5.11 Å². The normalized spacial score (nSPS) is 40.8. The van der Waals surface area contributed by atoms with Crippen molar-refractivity contribution in [3.8, 4) is 0 Å². The van der Waals surface area contributed by atoms with E-state index in [-0.39, 0.29) is 5.41 Å². The fourth-order valence-electron chi connectivity index (χ4n) is 3.93. The Bertz CT molecular complexity index is 448. The molecule has 0 amide bonds. The van der Waals surface area contributed by atoms with E-state index in [2.05, 4.69) is 20.8 Å². The quantitative estimate of drug-likeness (QED) is 0.747. The molecular formula is C15H22O2. The topological polar surface area (TPSA) is 33.4 Å². The summed E-state index contributed by atoms with van der Waals surface area (Å²) in [6.07, 6.45) is 6.83. The van der Waals surface area contributed by atoms with Crippen molar-refractivity contribution >= 4 is 0 Å². The number of aliphatic hydroxyl groups is 1. The van der Waals surface area contributed by atoms with Crippen LogP contribution in [-0.2, 0) is 12.8 Å². The maximum Gasteiger partial charge on any atom is 0.110 e. The predicted molar refractivity (Wildman–Crippen MR) is 66.9 cm³/mol. The fourth-order valence-corrected chi connectivity index (χ4v) is 3.93. The molecule has 2 nitrogen and oxygen atoms in total. The molecule has 2 aliphatic rings. The van der Waals surface area contributed by atoms with Crippen molar-refractivity contribution in [2.24, 2.45) is 11.3 Å². The van der Waals surface area contributed by atoms with Crippen LogP contribution in [0.4, 0.5) is 0 Å². The number of hydrogen-bond donors (Lipinski definition) is 1. The zero-order chi connectivity index (χ0) is 12.3. The lowest BCUT2D eigenvalue weighted by Crippen LogP contribution is -2.57. The van der Waals surface area contributed by atoms with E-state index in [1.807, 2.05) is 6.26 Å². The van der Waals surface area contributed by atoms with Gasteiger partial charge in [0.1, 0.15) is 5.76 Å². The average molecular weight is 234 g/mol. The molecule has 0 bridgehead atoms. The number of rotatable bonds is 0. The number of fused-ring (bicyclic) bond motifs is 2. The molecule has 1 aromatic heterocycles. The van der Waals surface area contributed by atoms with Crippen LogP contribution >= 0.6 is 0 Å². The van der Waals surface area contributed by atoms with Gasteiger partial charge in [0.15, 0.2) is 0 Å². The minimum Gasteiger partial charge on any atom is -0.469 e. The van der Waals surface area contributed by atoms with Crippen molar-refractivity contribution in [1.82, 2.24) is 0 Å². The first-order valence-corrected chi connectivity index (χ1v) is 6.74. The molecule has 3 atom stereocenters. The lowest BCUT2D eigenvalue weighted by Gasteiger charge is -2.54. The van der Waals surface area contributed by atoms with Crippen LogP contribution in [0.25, 0.3) is 0 Å².